The molecule has 240 valence electrons. The molecule has 6 aliphatic rings. The van der Waals surface area contributed by atoms with Crippen molar-refractivity contribution in [3.05, 3.63) is 0 Å². The summed E-state index contributed by atoms with van der Waals surface area (Å²) in [6.07, 6.45) is 9.54. The molecule has 6 fully saturated rings. The molecule has 9 nitrogen and oxygen atoms in total. The number of ether oxygens (including phenoxy) is 2. The van der Waals surface area contributed by atoms with E-state index >= 15 is 0 Å². The minimum absolute atomic E-state index is 0.0454. The molecule has 6 rings (SSSR count). The predicted octanol–water partition coefficient (Wildman–Crippen LogP) is 1.95. The average Bonchev–Trinajstić information content (AvgIpc) is 3.50. The topological polar surface area (TPSA) is 97.7 Å². The van der Waals surface area contributed by atoms with Crippen LogP contribution in [0.1, 0.15) is 70.6 Å². The van der Waals surface area contributed by atoms with Gasteiger partial charge in [0.1, 0.15) is 0 Å². The molecular formula is C33H58N4O5. The van der Waals surface area contributed by atoms with Gasteiger partial charge in [0.25, 0.3) is 0 Å². The highest BCUT2D eigenvalue weighted by Crippen LogP contribution is 2.41. The lowest BCUT2D eigenvalue weighted by molar-refractivity contribution is -0.162. The number of aliphatic hydroxyl groups is 2. The van der Waals surface area contributed by atoms with E-state index in [1.165, 1.54) is 58.2 Å². The number of rotatable bonds is 8. The molecule has 0 bridgehead atoms. The van der Waals surface area contributed by atoms with Crippen molar-refractivity contribution in [3.8, 4) is 0 Å². The van der Waals surface area contributed by atoms with Crippen LogP contribution >= 0.6 is 0 Å². The number of aliphatic hydroxyl groups excluding tert-OH is 2. The first-order chi connectivity index (χ1) is 20.4. The Kier molecular flexibility index (Phi) is 10.8. The van der Waals surface area contributed by atoms with Crippen LogP contribution in [0, 0.1) is 29.6 Å². The molecule has 1 amide bonds. The van der Waals surface area contributed by atoms with Gasteiger partial charge < -0.3 is 39.7 Å². The number of piperidine rings is 1. The van der Waals surface area contributed by atoms with Crippen molar-refractivity contribution in [2.75, 3.05) is 72.7 Å². The number of likely N-dealkylation sites (tertiary alicyclic amines) is 1. The minimum Gasteiger partial charge on any atom is -0.393 e. The maximum atomic E-state index is 14.2. The van der Waals surface area contributed by atoms with Crippen molar-refractivity contribution in [3.63, 3.8) is 0 Å². The number of hydrogen-bond acceptors (Lipinski definition) is 8. The number of fused-ring (bicyclic) bond motifs is 1. The molecule has 3 heterocycles. The van der Waals surface area contributed by atoms with Gasteiger partial charge in [-0.2, -0.15) is 0 Å². The Labute approximate surface area is 253 Å². The van der Waals surface area contributed by atoms with Gasteiger partial charge in [0, 0.05) is 84.0 Å². The Balaban J connectivity index is 1.11. The van der Waals surface area contributed by atoms with E-state index in [2.05, 4.69) is 27.1 Å². The molecule has 0 radical (unpaired) electrons. The summed E-state index contributed by atoms with van der Waals surface area (Å²) < 4.78 is 12.1. The van der Waals surface area contributed by atoms with E-state index in [1.54, 1.807) is 0 Å². The molecule has 3 aliphatic carbocycles. The summed E-state index contributed by atoms with van der Waals surface area (Å²) in [6, 6.07) is 0.795. The number of likely N-dealkylation sites (N-methyl/N-ethyl adjacent to an activating group) is 1. The zero-order valence-electron chi connectivity index (χ0n) is 26.1. The third-order valence-corrected chi connectivity index (χ3v) is 11.7. The second-order valence-electron chi connectivity index (χ2n) is 14.9. The van der Waals surface area contributed by atoms with Gasteiger partial charge in [-0.3, -0.25) is 4.79 Å². The van der Waals surface area contributed by atoms with Gasteiger partial charge >= 0.3 is 0 Å². The van der Waals surface area contributed by atoms with E-state index in [0.717, 1.165) is 58.7 Å². The number of carbonyl (C=O) groups is 1. The smallest absolute Gasteiger partial charge is 0.230 e. The molecule has 3 aliphatic heterocycles. The normalized spacial score (nSPS) is 41.1. The van der Waals surface area contributed by atoms with Gasteiger partial charge in [-0.1, -0.05) is 19.3 Å². The molecule has 3 N–H and O–H groups in total. The first kappa shape index (κ1) is 31.2. The van der Waals surface area contributed by atoms with Crippen molar-refractivity contribution in [1.82, 2.24) is 20.0 Å². The van der Waals surface area contributed by atoms with Crippen LogP contribution < -0.4 is 5.32 Å². The van der Waals surface area contributed by atoms with Gasteiger partial charge in [0.2, 0.25) is 5.91 Å². The lowest BCUT2D eigenvalue weighted by Gasteiger charge is -2.50. The molecule has 0 aromatic carbocycles. The second kappa shape index (κ2) is 14.5. The second-order valence-corrected chi connectivity index (χ2v) is 14.9. The summed E-state index contributed by atoms with van der Waals surface area (Å²) in [7, 11) is 2.22. The molecular weight excluding hydrogens is 532 g/mol. The van der Waals surface area contributed by atoms with Crippen molar-refractivity contribution in [2.45, 2.75) is 101 Å². The summed E-state index contributed by atoms with van der Waals surface area (Å²) in [5.74, 6) is 1.75. The quantitative estimate of drug-likeness (QED) is 0.395. The maximum absolute atomic E-state index is 14.2. The fourth-order valence-corrected chi connectivity index (χ4v) is 9.25. The third kappa shape index (κ3) is 7.69. The van der Waals surface area contributed by atoms with Crippen LogP contribution in [0.5, 0.6) is 0 Å². The number of amides is 1. The number of carbonyl (C=O) groups excluding carboxylic acids is 1. The molecule has 0 aromatic heterocycles. The van der Waals surface area contributed by atoms with Crippen LogP contribution in [0.15, 0.2) is 0 Å². The molecule has 8 unspecified atom stereocenters. The predicted molar refractivity (Wildman–Crippen MR) is 162 cm³/mol. The number of piperazine rings is 1. The van der Waals surface area contributed by atoms with Gasteiger partial charge in [-0.15, -0.1) is 0 Å². The number of nitrogens with zero attached hydrogens (tertiary/aromatic N) is 3. The summed E-state index contributed by atoms with van der Waals surface area (Å²) in [6.45, 7) is 9.63. The number of hydrogen-bond donors (Lipinski definition) is 3. The van der Waals surface area contributed by atoms with Crippen LogP contribution in [0.25, 0.3) is 0 Å². The van der Waals surface area contributed by atoms with Crippen LogP contribution in [0.2, 0.25) is 0 Å². The van der Waals surface area contributed by atoms with Crippen LogP contribution in [0.3, 0.4) is 0 Å². The van der Waals surface area contributed by atoms with E-state index in [0.29, 0.717) is 48.8 Å². The summed E-state index contributed by atoms with van der Waals surface area (Å²) in [4.78, 5) is 21.3. The van der Waals surface area contributed by atoms with Crippen molar-refractivity contribution in [1.29, 1.82) is 0 Å². The van der Waals surface area contributed by atoms with Gasteiger partial charge in [-0.25, -0.2) is 0 Å². The first-order valence-corrected chi connectivity index (χ1v) is 17.4. The van der Waals surface area contributed by atoms with Gasteiger partial charge in [0.05, 0.1) is 30.8 Å². The SMILES string of the molecule is CN1CCN(CC2CC3CCN(C(=O)C4C(O)CC(O)CC4OCC4CCCCC4)CC3C(N[C@@H]3CCOC3)C2)CC1. The van der Waals surface area contributed by atoms with Crippen LogP contribution in [-0.4, -0.2) is 134 Å². The molecule has 0 aromatic rings. The van der Waals surface area contributed by atoms with E-state index in [1.807, 2.05) is 0 Å². The van der Waals surface area contributed by atoms with E-state index in [-0.39, 0.29) is 12.3 Å². The van der Waals surface area contributed by atoms with Crippen LogP contribution in [0.4, 0.5) is 0 Å². The summed E-state index contributed by atoms with van der Waals surface area (Å²) in [5, 5.41) is 25.6. The maximum Gasteiger partial charge on any atom is 0.230 e. The summed E-state index contributed by atoms with van der Waals surface area (Å²) in [5.41, 5.74) is 0. The Morgan fingerprint density at radius 2 is 1.74 bits per heavy atom. The van der Waals surface area contributed by atoms with Crippen LogP contribution in [-0.2, 0) is 14.3 Å². The fraction of sp³-hybridized carbons (Fsp3) is 0.970. The van der Waals surface area contributed by atoms with Crippen molar-refractivity contribution >= 4 is 5.91 Å². The molecule has 3 saturated carbocycles. The number of nitrogens with one attached hydrogen (secondary N) is 1. The Bertz CT molecular complexity index is 859. The molecule has 9 atom stereocenters. The van der Waals surface area contributed by atoms with Gasteiger partial charge in [0.15, 0.2) is 0 Å². The fourth-order valence-electron chi connectivity index (χ4n) is 9.25. The van der Waals surface area contributed by atoms with E-state index in [9.17, 15) is 15.0 Å². The molecule has 42 heavy (non-hydrogen) atoms. The van der Waals surface area contributed by atoms with E-state index < -0.39 is 24.2 Å². The highest BCUT2D eigenvalue weighted by Gasteiger charge is 2.48. The van der Waals surface area contributed by atoms with E-state index in [4.69, 9.17) is 9.47 Å². The Morgan fingerprint density at radius 1 is 0.929 bits per heavy atom. The Hall–Kier alpha value is -0.810. The van der Waals surface area contributed by atoms with Crippen molar-refractivity contribution < 1.29 is 24.5 Å². The standard InChI is InChI=1S/C33H58N4O5/c1-35-10-12-36(13-11-35)19-24-15-25-7-9-37(20-28(25)29(16-24)34-26-8-14-41-22-26)33(40)32-30(39)17-27(38)18-31(32)42-21-23-5-3-2-4-6-23/h23-32,34,38-39H,2-22H2,1H3/t24?,25?,26-,27?,28?,29?,30?,31?,32?/m1/s1. The molecule has 3 saturated heterocycles. The van der Waals surface area contributed by atoms with Crippen molar-refractivity contribution in [2.24, 2.45) is 29.6 Å². The lowest BCUT2D eigenvalue weighted by Crippen LogP contribution is -2.60. The molecule has 0 spiro atoms. The first-order valence-electron chi connectivity index (χ1n) is 17.4. The monoisotopic (exact) mass is 590 g/mol. The highest BCUT2D eigenvalue weighted by atomic mass is 16.5. The van der Waals surface area contributed by atoms with Gasteiger partial charge in [-0.05, 0) is 69.2 Å². The Morgan fingerprint density at radius 3 is 2.50 bits per heavy atom. The zero-order chi connectivity index (χ0) is 29.1. The largest absolute Gasteiger partial charge is 0.393 e. The summed E-state index contributed by atoms with van der Waals surface area (Å²) >= 11 is 0. The third-order valence-electron chi connectivity index (χ3n) is 11.7. The minimum atomic E-state index is -0.848. The average molecular weight is 591 g/mol. The zero-order valence-corrected chi connectivity index (χ0v) is 26.1. The highest BCUT2D eigenvalue weighted by molar-refractivity contribution is 5.80. The lowest BCUT2D eigenvalue weighted by atomic mass is 9.67. The molecule has 9 heteroatoms.